The molecule has 1 aliphatic rings. The van der Waals surface area contributed by atoms with E-state index in [-0.39, 0.29) is 11.9 Å². The Bertz CT molecular complexity index is 889. The van der Waals surface area contributed by atoms with Crippen molar-refractivity contribution in [1.29, 1.82) is 0 Å². The molecule has 0 bridgehead atoms. The van der Waals surface area contributed by atoms with E-state index in [1.807, 2.05) is 36.4 Å². The second-order valence-electron chi connectivity index (χ2n) is 5.91. The number of rotatable bonds is 3. The van der Waals surface area contributed by atoms with Crippen LogP contribution in [-0.4, -0.2) is 25.6 Å². The van der Waals surface area contributed by atoms with Crippen LogP contribution in [0.25, 0.3) is 10.1 Å². The van der Waals surface area contributed by atoms with Crippen molar-refractivity contribution in [3.63, 3.8) is 0 Å². The maximum absolute atomic E-state index is 12.5. The van der Waals surface area contributed by atoms with Gasteiger partial charge in [-0.25, -0.2) is 0 Å². The van der Waals surface area contributed by atoms with Gasteiger partial charge in [0.2, 0.25) is 0 Å². The Morgan fingerprint density at radius 2 is 2.04 bits per heavy atom. The molecule has 0 unspecified atom stereocenters. The van der Waals surface area contributed by atoms with Gasteiger partial charge in [0.25, 0.3) is 5.91 Å². The molecule has 0 radical (unpaired) electrons. The van der Waals surface area contributed by atoms with Gasteiger partial charge in [0.1, 0.15) is 10.6 Å². The van der Waals surface area contributed by atoms with Gasteiger partial charge in [-0.1, -0.05) is 30.3 Å². The fourth-order valence-electron chi connectivity index (χ4n) is 3.08. The summed E-state index contributed by atoms with van der Waals surface area (Å²) in [5.74, 6) is 0.794. The third-order valence-electron chi connectivity index (χ3n) is 4.28. The molecule has 24 heavy (non-hydrogen) atoms. The average molecular weight is 338 g/mol. The van der Waals surface area contributed by atoms with Crippen molar-refractivity contribution in [3.8, 4) is 5.75 Å². The Morgan fingerprint density at radius 3 is 2.83 bits per heavy atom. The minimum Gasteiger partial charge on any atom is -0.497 e. The molecule has 4 nitrogen and oxygen atoms in total. The van der Waals surface area contributed by atoms with E-state index in [2.05, 4.69) is 22.8 Å². The van der Waals surface area contributed by atoms with E-state index in [0.717, 1.165) is 32.8 Å². The summed E-state index contributed by atoms with van der Waals surface area (Å²) in [4.78, 5) is 13.2. The summed E-state index contributed by atoms with van der Waals surface area (Å²) in [6.07, 6.45) is 0.863. The molecule has 1 aliphatic heterocycles. The zero-order valence-electron chi connectivity index (χ0n) is 13.3. The summed E-state index contributed by atoms with van der Waals surface area (Å²) in [5.41, 5.74) is 2.18. The SMILES string of the molecule is COc1ccc2sc3c(c2c1)N[C@@H](Cc1ccccc1)CNC3=O. The van der Waals surface area contributed by atoms with Crippen LogP contribution in [0.4, 0.5) is 5.69 Å². The Morgan fingerprint density at radius 1 is 1.21 bits per heavy atom. The zero-order chi connectivity index (χ0) is 16.5. The molecule has 2 heterocycles. The third-order valence-corrected chi connectivity index (χ3v) is 5.45. The van der Waals surface area contributed by atoms with Crippen LogP contribution < -0.4 is 15.4 Å². The third kappa shape index (κ3) is 2.71. The number of hydrogen-bond donors (Lipinski definition) is 2. The van der Waals surface area contributed by atoms with Crippen LogP contribution in [0.15, 0.2) is 48.5 Å². The first-order valence-corrected chi connectivity index (χ1v) is 8.75. The normalized spacial score (nSPS) is 16.9. The van der Waals surface area contributed by atoms with Crippen LogP contribution in [0.5, 0.6) is 5.75 Å². The molecule has 0 aliphatic carbocycles. The molecule has 0 spiro atoms. The molecule has 2 N–H and O–H groups in total. The lowest BCUT2D eigenvalue weighted by Crippen LogP contribution is -2.34. The zero-order valence-corrected chi connectivity index (χ0v) is 14.2. The van der Waals surface area contributed by atoms with Gasteiger partial charge in [-0.2, -0.15) is 0 Å². The first-order chi connectivity index (χ1) is 11.7. The number of benzene rings is 2. The van der Waals surface area contributed by atoms with E-state index in [1.54, 1.807) is 7.11 Å². The van der Waals surface area contributed by atoms with Gasteiger partial charge in [0.05, 0.1) is 12.8 Å². The summed E-state index contributed by atoms with van der Waals surface area (Å²) >= 11 is 1.52. The maximum Gasteiger partial charge on any atom is 0.263 e. The van der Waals surface area contributed by atoms with Crippen molar-refractivity contribution in [2.45, 2.75) is 12.5 Å². The van der Waals surface area contributed by atoms with Gasteiger partial charge in [-0.05, 0) is 30.2 Å². The van der Waals surface area contributed by atoms with Gasteiger partial charge in [0.15, 0.2) is 0 Å². The number of methoxy groups -OCH3 is 1. The van der Waals surface area contributed by atoms with Gasteiger partial charge < -0.3 is 15.4 Å². The summed E-state index contributed by atoms with van der Waals surface area (Å²) in [6.45, 7) is 0.612. The highest BCUT2D eigenvalue weighted by Gasteiger charge is 2.25. The molecule has 5 heteroatoms. The minimum atomic E-state index is -0.00627. The Hall–Kier alpha value is -2.53. The van der Waals surface area contributed by atoms with Gasteiger partial charge in [-0.3, -0.25) is 4.79 Å². The molecule has 0 saturated heterocycles. The number of nitrogens with one attached hydrogen (secondary N) is 2. The van der Waals surface area contributed by atoms with E-state index in [1.165, 1.54) is 16.9 Å². The standard InChI is InChI=1S/C19H18N2O2S/c1-23-14-7-8-16-15(10-14)17-18(24-16)19(22)20-11-13(21-17)9-12-5-3-2-4-6-12/h2-8,10,13,21H,9,11H2,1H3,(H,20,22)/t13-/m0/s1. The summed E-state index contributed by atoms with van der Waals surface area (Å²) in [7, 11) is 1.66. The fourth-order valence-corrected chi connectivity index (χ4v) is 4.14. The first-order valence-electron chi connectivity index (χ1n) is 7.94. The van der Waals surface area contributed by atoms with Crippen LogP contribution in [0.1, 0.15) is 15.2 Å². The van der Waals surface area contributed by atoms with Crippen LogP contribution in [0.3, 0.4) is 0 Å². The van der Waals surface area contributed by atoms with E-state index < -0.39 is 0 Å². The van der Waals surface area contributed by atoms with E-state index >= 15 is 0 Å². The summed E-state index contributed by atoms with van der Waals surface area (Å²) in [5, 5.41) is 7.67. The van der Waals surface area contributed by atoms with Crippen molar-refractivity contribution >= 4 is 33.0 Å². The van der Waals surface area contributed by atoms with Crippen molar-refractivity contribution in [2.24, 2.45) is 0 Å². The highest BCUT2D eigenvalue weighted by molar-refractivity contribution is 7.21. The molecular formula is C19H18N2O2S. The average Bonchev–Trinajstić information content (AvgIpc) is 2.90. The fraction of sp³-hybridized carbons (Fsp3) is 0.211. The monoisotopic (exact) mass is 338 g/mol. The van der Waals surface area contributed by atoms with Gasteiger partial charge in [0, 0.05) is 22.7 Å². The predicted octanol–water partition coefficient (Wildman–Crippen LogP) is 3.68. The molecule has 2 aromatic carbocycles. The van der Waals surface area contributed by atoms with Crippen molar-refractivity contribution in [1.82, 2.24) is 5.32 Å². The Kier molecular flexibility index (Phi) is 3.86. The molecule has 0 fully saturated rings. The van der Waals surface area contributed by atoms with Crippen molar-refractivity contribution in [2.75, 3.05) is 19.0 Å². The van der Waals surface area contributed by atoms with E-state index in [4.69, 9.17) is 4.74 Å². The Balaban J connectivity index is 1.72. The van der Waals surface area contributed by atoms with E-state index in [9.17, 15) is 4.79 Å². The van der Waals surface area contributed by atoms with Crippen LogP contribution in [-0.2, 0) is 6.42 Å². The van der Waals surface area contributed by atoms with Crippen LogP contribution >= 0.6 is 11.3 Å². The second-order valence-corrected chi connectivity index (χ2v) is 6.96. The quantitative estimate of drug-likeness (QED) is 0.766. The number of fused-ring (bicyclic) bond motifs is 3. The topological polar surface area (TPSA) is 50.4 Å². The molecule has 1 aromatic heterocycles. The number of carbonyl (C=O) groups is 1. The first kappa shape index (κ1) is 15.0. The van der Waals surface area contributed by atoms with Crippen molar-refractivity contribution in [3.05, 3.63) is 59.0 Å². The number of ether oxygens (including phenoxy) is 1. The number of thiophene rings is 1. The lowest BCUT2D eigenvalue weighted by molar-refractivity contribution is 0.0959. The predicted molar refractivity (Wildman–Crippen MR) is 98.3 cm³/mol. The van der Waals surface area contributed by atoms with Crippen LogP contribution in [0, 0.1) is 0 Å². The minimum absolute atomic E-state index is 0.00627. The lowest BCUT2D eigenvalue weighted by Gasteiger charge is -2.17. The largest absolute Gasteiger partial charge is 0.497 e. The second kappa shape index (κ2) is 6.17. The number of amides is 1. The molecule has 1 amide bonds. The van der Waals surface area contributed by atoms with E-state index in [0.29, 0.717) is 6.54 Å². The molecule has 4 rings (SSSR count). The Labute approximate surface area is 144 Å². The number of hydrogen-bond acceptors (Lipinski definition) is 4. The molecule has 0 saturated carbocycles. The molecule has 3 aromatic rings. The molecule has 122 valence electrons. The highest BCUT2D eigenvalue weighted by atomic mass is 32.1. The van der Waals surface area contributed by atoms with Crippen LogP contribution in [0.2, 0.25) is 0 Å². The molecule has 1 atom stereocenters. The molecular weight excluding hydrogens is 320 g/mol. The summed E-state index contributed by atoms with van der Waals surface area (Å²) < 4.78 is 6.43. The summed E-state index contributed by atoms with van der Waals surface area (Å²) in [6, 6.07) is 16.4. The van der Waals surface area contributed by atoms with Gasteiger partial charge in [-0.15, -0.1) is 11.3 Å². The smallest absolute Gasteiger partial charge is 0.263 e. The van der Waals surface area contributed by atoms with Gasteiger partial charge >= 0.3 is 0 Å². The highest BCUT2D eigenvalue weighted by Crippen LogP contribution is 2.39. The number of carbonyl (C=O) groups excluding carboxylic acids is 1. The lowest BCUT2D eigenvalue weighted by atomic mass is 10.1. The number of anilines is 1. The maximum atomic E-state index is 12.5. The van der Waals surface area contributed by atoms with Crippen molar-refractivity contribution < 1.29 is 9.53 Å².